The topological polar surface area (TPSA) is 67.8 Å². The van der Waals surface area contributed by atoms with Crippen molar-refractivity contribution >= 4 is 11.7 Å². The van der Waals surface area contributed by atoms with Gasteiger partial charge >= 0.3 is 5.97 Å². The molecule has 0 aromatic heterocycles. The molecule has 2 N–H and O–H groups in total. The molecular formula is C13H19NO4. The highest BCUT2D eigenvalue weighted by molar-refractivity contribution is 5.66. The molecular weight excluding hydrogens is 234 g/mol. The molecule has 100 valence electrons. The Morgan fingerprint density at radius 3 is 2.56 bits per heavy atom. The van der Waals surface area contributed by atoms with Gasteiger partial charge in [-0.15, -0.1) is 0 Å². The molecule has 1 rings (SSSR count). The largest absolute Gasteiger partial charge is 0.493 e. The molecule has 1 aromatic rings. The van der Waals surface area contributed by atoms with E-state index in [1.807, 2.05) is 18.2 Å². The van der Waals surface area contributed by atoms with Crippen LogP contribution < -0.4 is 14.8 Å². The SMILES string of the molecule is COc1ccc(NCCCCC(=O)O)cc1OC. The minimum absolute atomic E-state index is 0.216. The third-order valence-electron chi connectivity index (χ3n) is 2.53. The number of rotatable bonds is 8. The van der Waals surface area contributed by atoms with E-state index in [2.05, 4.69) is 5.32 Å². The highest BCUT2D eigenvalue weighted by Gasteiger charge is 2.04. The first-order chi connectivity index (χ1) is 8.67. The van der Waals surface area contributed by atoms with E-state index in [1.165, 1.54) is 0 Å². The Balaban J connectivity index is 2.40. The number of anilines is 1. The smallest absolute Gasteiger partial charge is 0.303 e. The number of hydrogen-bond donors (Lipinski definition) is 2. The summed E-state index contributed by atoms with van der Waals surface area (Å²) in [5, 5.41) is 11.7. The van der Waals surface area contributed by atoms with Crippen molar-refractivity contribution in [1.82, 2.24) is 0 Å². The molecule has 0 amide bonds. The van der Waals surface area contributed by atoms with E-state index in [-0.39, 0.29) is 6.42 Å². The van der Waals surface area contributed by atoms with Gasteiger partial charge in [-0.05, 0) is 25.0 Å². The number of methoxy groups -OCH3 is 2. The summed E-state index contributed by atoms with van der Waals surface area (Å²) < 4.78 is 10.3. The molecule has 0 saturated carbocycles. The number of carboxylic acid groups (broad SMARTS) is 1. The average molecular weight is 253 g/mol. The van der Waals surface area contributed by atoms with Crippen molar-refractivity contribution in [3.63, 3.8) is 0 Å². The highest BCUT2D eigenvalue weighted by atomic mass is 16.5. The molecule has 0 aliphatic heterocycles. The van der Waals surface area contributed by atoms with E-state index >= 15 is 0 Å². The van der Waals surface area contributed by atoms with Crippen molar-refractivity contribution in [2.45, 2.75) is 19.3 Å². The predicted molar refractivity (Wildman–Crippen MR) is 69.5 cm³/mol. The summed E-state index contributed by atoms with van der Waals surface area (Å²) in [6.45, 7) is 0.739. The van der Waals surface area contributed by atoms with Crippen LogP contribution >= 0.6 is 0 Å². The molecule has 18 heavy (non-hydrogen) atoms. The maximum atomic E-state index is 10.3. The van der Waals surface area contributed by atoms with Crippen molar-refractivity contribution in [2.75, 3.05) is 26.1 Å². The molecule has 5 heteroatoms. The average Bonchev–Trinajstić information content (AvgIpc) is 2.37. The zero-order chi connectivity index (χ0) is 13.4. The second-order valence-corrected chi connectivity index (χ2v) is 3.85. The Labute approximate surface area is 107 Å². The third-order valence-corrected chi connectivity index (χ3v) is 2.53. The quantitative estimate of drug-likeness (QED) is 0.696. The van der Waals surface area contributed by atoms with Crippen molar-refractivity contribution in [1.29, 1.82) is 0 Å². The highest BCUT2D eigenvalue weighted by Crippen LogP contribution is 2.29. The number of hydrogen-bond acceptors (Lipinski definition) is 4. The van der Waals surface area contributed by atoms with Gasteiger partial charge in [0.1, 0.15) is 0 Å². The van der Waals surface area contributed by atoms with E-state index in [0.717, 1.165) is 18.7 Å². The van der Waals surface area contributed by atoms with Crippen molar-refractivity contribution in [2.24, 2.45) is 0 Å². The number of ether oxygens (including phenoxy) is 2. The summed E-state index contributed by atoms with van der Waals surface area (Å²) in [5.41, 5.74) is 0.933. The zero-order valence-corrected chi connectivity index (χ0v) is 10.7. The zero-order valence-electron chi connectivity index (χ0n) is 10.7. The fourth-order valence-corrected chi connectivity index (χ4v) is 1.58. The molecule has 0 fully saturated rings. The summed E-state index contributed by atoms with van der Waals surface area (Å²) in [6.07, 6.45) is 1.71. The van der Waals surface area contributed by atoms with Crippen LogP contribution in [0.1, 0.15) is 19.3 Å². The van der Waals surface area contributed by atoms with Crippen LogP contribution in [0.2, 0.25) is 0 Å². The first kappa shape index (κ1) is 14.2. The molecule has 0 atom stereocenters. The Morgan fingerprint density at radius 1 is 1.22 bits per heavy atom. The van der Waals surface area contributed by atoms with Crippen molar-refractivity contribution in [3.05, 3.63) is 18.2 Å². The molecule has 0 bridgehead atoms. The van der Waals surface area contributed by atoms with Gasteiger partial charge in [0.05, 0.1) is 14.2 Å². The first-order valence-corrected chi connectivity index (χ1v) is 5.85. The number of carbonyl (C=O) groups is 1. The van der Waals surface area contributed by atoms with Crippen LogP contribution in [0.5, 0.6) is 11.5 Å². The number of unbranched alkanes of at least 4 members (excludes halogenated alkanes) is 1. The molecule has 0 aliphatic rings. The minimum atomic E-state index is -0.749. The maximum Gasteiger partial charge on any atom is 0.303 e. The molecule has 1 aromatic carbocycles. The van der Waals surface area contributed by atoms with Crippen LogP contribution in [-0.2, 0) is 4.79 Å². The molecule has 0 saturated heterocycles. The number of benzene rings is 1. The van der Waals surface area contributed by atoms with Crippen LogP contribution in [0, 0.1) is 0 Å². The van der Waals surface area contributed by atoms with E-state index < -0.39 is 5.97 Å². The van der Waals surface area contributed by atoms with Gasteiger partial charge in [-0.1, -0.05) is 0 Å². The second-order valence-electron chi connectivity index (χ2n) is 3.85. The monoisotopic (exact) mass is 253 g/mol. The summed E-state index contributed by atoms with van der Waals surface area (Å²) >= 11 is 0. The summed E-state index contributed by atoms with van der Waals surface area (Å²) in [5.74, 6) is 0.614. The summed E-state index contributed by atoms with van der Waals surface area (Å²) in [6, 6.07) is 5.59. The summed E-state index contributed by atoms with van der Waals surface area (Å²) in [4.78, 5) is 10.3. The number of nitrogens with one attached hydrogen (secondary N) is 1. The molecule has 0 spiro atoms. The normalized spacial score (nSPS) is 9.89. The molecule has 0 radical (unpaired) electrons. The van der Waals surface area contributed by atoms with Crippen LogP contribution in [0.3, 0.4) is 0 Å². The fourth-order valence-electron chi connectivity index (χ4n) is 1.58. The molecule has 5 nitrogen and oxygen atoms in total. The third kappa shape index (κ3) is 4.53. The first-order valence-electron chi connectivity index (χ1n) is 5.85. The van der Waals surface area contributed by atoms with Gasteiger partial charge in [0.2, 0.25) is 0 Å². The van der Waals surface area contributed by atoms with Gasteiger partial charge in [0.25, 0.3) is 0 Å². The standard InChI is InChI=1S/C13H19NO4/c1-17-11-7-6-10(9-12(11)18-2)14-8-4-3-5-13(15)16/h6-7,9,14H,3-5,8H2,1-2H3,(H,15,16). The summed E-state index contributed by atoms with van der Waals surface area (Å²) in [7, 11) is 3.19. The van der Waals surface area contributed by atoms with Gasteiger partial charge in [0.15, 0.2) is 11.5 Å². The lowest BCUT2D eigenvalue weighted by atomic mass is 10.2. The van der Waals surface area contributed by atoms with E-state index in [1.54, 1.807) is 14.2 Å². The van der Waals surface area contributed by atoms with Crippen molar-refractivity contribution < 1.29 is 19.4 Å². The van der Waals surface area contributed by atoms with Crippen molar-refractivity contribution in [3.8, 4) is 11.5 Å². The number of carboxylic acids is 1. The lowest BCUT2D eigenvalue weighted by Gasteiger charge is -2.11. The van der Waals surface area contributed by atoms with Gasteiger partial charge in [-0.2, -0.15) is 0 Å². The van der Waals surface area contributed by atoms with E-state index in [9.17, 15) is 4.79 Å². The maximum absolute atomic E-state index is 10.3. The van der Waals surface area contributed by atoms with Gasteiger partial charge in [-0.25, -0.2) is 0 Å². The minimum Gasteiger partial charge on any atom is -0.493 e. The predicted octanol–water partition coefficient (Wildman–Crippen LogP) is 2.37. The van der Waals surface area contributed by atoms with Crippen LogP contribution in [0.15, 0.2) is 18.2 Å². The van der Waals surface area contributed by atoms with E-state index in [4.69, 9.17) is 14.6 Å². The van der Waals surface area contributed by atoms with Crippen LogP contribution in [0.25, 0.3) is 0 Å². The lowest BCUT2D eigenvalue weighted by molar-refractivity contribution is -0.137. The fraction of sp³-hybridized carbons (Fsp3) is 0.462. The molecule has 0 heterocycles. The molecule has 0 aliphatic carbocycles. The van der Waals surface area contributed by atoms with Gasteiger partial charge in [0, 0.05) is 24.7 Å². The van der Waals surface area contributed by atoms with Gasteiger partial charge in [-0.3, -0.25) is 4.79 Å². The Hall–Kier alpha value is -1.91. The second kappa shape index (κ2) is 7.42. The Bertz CT molecular complexity index is 393. The van der Waals surface area contributed by atoms with Crippen LogP contribution in [0.4, 0.5) is 5.69 Å². The lowest BCUT2D eigenvalue weighted by Crippen LogP contribution is -2.03. The number of aliphatic carboxylic acids is 1. The van der Waals surface area contributed by atoms with Crippen LogP contribution in [-0.4, -0.2) is 31.8 Å². The molecule has 0 unspecified atom stereocenters. The van der Waals surface area contributed by atoms with E-state index in [0.29, 0.717) is 17.9 Å². The Kier molecular flexibility index (Phi) is 5.84. The van der Waals surface area contributed by atoms with Gasteiger partial charge < -0.3 is 19.9 Å². The Morgan fingerprint density at radius 2 is 1.94 bits per heavy atom.